The molecular formula is C7H11IO. The Morgan fingerprint density at radius 1 is 1.78 bits per heavy atom. The Bertz CT molecular complexity index is 107. The topological polar surface area (TPSA) is 9.23 Å². The third-order valence-corrected chi connectivity index (χ3v) is 1.77. The molecule has 0 rings (SSSR count). The molecule has 0 fully saturated rings. The van der Waals surface area contributed by atoms with Gasteiger partial charge in [0.25, 0.3) is 0 Å². The third-order valence-electron chi connectivity index (χ3n) is 0.891. The number of hydrogen-bond acceptors (Lipinski definition) is 1. The maximum absolute atomic E-state index is 4.93. The Hall–Kier alpha value is 0.170. The molecule has 0 saturated carbocycles. The van der Waals surface area contributed by atoms with E-state index in [2.05, 4.69) is 29.2 Å². The van der Waals surface area contributed by atoms with E-state index < -0.39 is 0 Å². The lowest BCUT2D eigenvalue weighted by molar-refractivity contribution is 0.224. The summed E-state index contributed by atoms with van der Waals surface area (Å²) >= 11 is 2.21. The predicted molar refractivity (Wildman–Crippen MR) is 48.8 cm³/mol. The van der Waals surface area contributed by atoms with Crippen LogP contribution in [0.4, 0.5) is 0 Å². The van der Waals surface area contributed by atoms with Crippen molar-refractivity contribution in [2.45, 2.75) is 6.42 Å². The molecule has 0 aromatic rings. The van der Waals surface area contributed by atoms with Crippen LogP contribution in [0.25, 0.3) is 0 Å². The van der Waals surface area contributed by atoms with Crippen molar-refractivity contribution in [1.82, 2.24) is 0 Å². The maximum atomic E-state index is 4.93. The molecule has 0 aliphatic rings. The van der Waals surface area contributed by atoms with Gasteiger partial charge in [-0.1, -0.05) is 28.7 Å². The molecule has 0 bridgehead atoms. The van der Waals surface area contributed by atoms with Crippen molar-refractivity contribution in [3.05, 3.63) is 22.3 Å². The van der Waals surface area contributed by atoms with Crippen molar-refractivity contribution >= 4 is 22.6 Å². The molecule has 0 aliphatic heterocycles. The number of ether oxygens (including phenoxy) is 1. The van der Waals surface area contributed by atoms with Gasteiger partial charge in [-0.2, -0.15) is 0 Å². The van der Waals surface area contributed by atoms with Gasteiger partial charge in [-0.15, -0.1) is 6.58 Å². The fourth-order valence-electron chi connectivity index (χ4n) is 0.506. The molecule has 0 amide bonds. The Kier molecular flexibility index (Phi) is 6.41. The predicted octanol–water partition coefficient (Wildman–Crippen LogP) is 2.53. The van der Waals surface area contributed by atoms with Gasteiger partial charge in [0, 0.05) is 7.11 Å². The fourth-order valence-corrected chi connectivity index (χ4v) is 0.940. The van der Waals surface area contributed by atoms with Gasteiger partial charge in [-0.25, -0.2) is 0 Å². The largest absolute Gasteiger partial charge is 0.380 e. The van der Waals surface area contributed by atoms with Crippen molar-refractivity contribution in [1.29, 1.82) is 0 Å². The summed E-state index contributed by atoms with van der Waals surface area (Å²) in [4.78, 5) is 0. The molecule has 0 unspecified atom stereocenters. The van der Waals surface area contributed by atoms with E-state index in [9.17, 15) is 0 Å². The number of hydrogen-bond donors (Lipinski definition) is 0. The van der Waals surface area contributed by atoms with Gasteiger partial charge >= 0.3 is 0 Å². The maximum Gasteiger partial charge on any atom is 0.0683 e. The van der Waals surface area contributed by atoms with Crippen LogP contribution in [0.15, 0.2) is 22.3 Å². The van der Waals surface area contributed by atoms with E-state index in [1.54, 1.807) is 7.11 Å². The first-order valence-electron chi connectivity index (χ1n) is 2.73. The Labute approximate surface area is 69.9 Å². The Balaban J connectivity index is 3.55. The van der Waals surface area contributed by atoms with Crippen LogP contribution in [0.2, 0.25) is 0 Å². The van der Waals surface area contributed by atoms with Crippen LogP contribution in [0.5, 0.6) is 0 Å². The summed E-state index contributed by atoms with van der Waals surface area (Å²) < 4.78 is 6.96. The monoisotopic (exact) mass is 238 g/mol. The van der Waals surface area contributed by atoms with E-state index in [4.69, 9.17) is 4.74 Å². The van der Waals surface area contributed by atoms with Gasteiger partial charge in [-0.05, 0) is 16.1 Å². The first-order chi connectivity index (χ1) is 4.35. The van der Waals surface area contributed by atoms with Gasteiger partial charge < -0.3 is 4.74 Å². The molecule has 0 saturated heterocycles. The molecule has 0 N–H and O–H groups in total. The van der Waals surface area contributed by atoms with Crippen LogP contribution in [0, 0.1) is 0 Å². The highest BCUT2D eigenvalue weighted by atomic mass is 127. The zero-order valence-electron chi connectivity index (χ0n) is 5.56. The van der Waals surface area contributed by atoms with Crippen molar-refractivity contribution in [2.75, 3.05) is 13.7 Å². The lowest BCUT2D eigenvalue weighted by Crippen LogP contribution is -1.91. The lowest BCUT2D eigenvalue weighted by Gasteiger charge is -1.98. The van der Waals surface area contributed by atoms with E-state index in [1.165, 1.54) is 5.57 Å². The average Bonchev–Trinajstić information content (AvgIpc) is 1.88. The molecule has 9 heavy (non-hydrogen) atoms. The van der Waals surface area contributed by atoms with E-state index in [-0.39, 0.29) is 0 Å². The van der Waals surface area contributed by atoms with Gasteiger partial charge in [0.05, 0.1) is 6.61 Å². The number of allylic oxidation sites excluding steroid dienone is 1. The van der Waals surface area contributed by atoms with Crippen LogP contribution in [-0.4, -0.2) is 13.7 Å². The molecule has 0 aromatic carbocycles. The second kappa shape index (κ2) is 6.29. The summed E-state index contributed by atoms with van der Waals surface area (Å²) in [7, 11) is 1.70. The van der Waals surface area contributed by atoms with E-state index in [0.717, 1.165) is 13.0 Å². The van der Waals surface area contributed by atoms with Crippen LogP contribution in [0.1, 0.15) is 6.42 Å². The molecular weight excluding hydrogens is 227 g/mol. The summed E-state index contributed by atoms with van der Waals surface area (Å²) in [5.41, 5.74) is 1.27. The minimum atomic E-state index is 0.717. The number of halogens is 1. The van der Waals surface area contributed by atoms with Gasteiger partial charge in [0.2, 0.25) is 0 Å². The smallest absolute Gasteiger partial charge is 0.0683 e. The van der Waals surface area contributed by atoms with E-state index >= 15 is 0 Å². The highest BCUT2D eigenvalue weighted by Gasteiger charge is 1.89. The summed E-state index contributed by atoms with van der Waals surface area (Å²) in [6.45, 7) is 4.35. The summed E-state index contributed by atoms with van der Waals surface area (Å²) in [5.74, 6) is 0. The Morgan fingerprint density at radius 2 is 2.44 bits per heavy atom. The SMILES string of the molecule is C=CCC(=CI)COC. The van der Waals surface area contributed by atoms with Crippen molar-refractivity contribution < 1.29 is 4.74 Å². The standard InChI is InChI=1S/C7H11IO/c1-3-4-7(5-8)6-9-2/h3,5H,1,4,6H2,2H3. The van der Waals surface area contributed by atoms with Crippen molar-refractivity contribution in [3.63, 3.8) is 0 Å². The third kappa shape index (κ3) is 4.66. The number of methoxy groups -OCH3 is 1. The average molecular weight is 238 g/mol. The normalized spacial score (nSPS) is 11.6. The highest BCUT2D eigenvalue weighted by molar-refractivity contribution is 14.1. The molecule has 2 heteroatoms. The van der Waals surface area contributed by atoms with Crippen molar-refractivity contribution in [3.8, 4) is 0 Å². The summed E-state index contributed by atoms with van der Waals surface area (Å²) in [5, 5.41) is 0. The van der Waals surface area contributed by atoms with Crippen LogP contribution in [0.3, 0.4) is 0 Å². The van der Waals surface area contributed by atoms with Gasteiger partial charge in [-0.3, -0.25) is 0 Å². The molecule has 1 nitrogen and oxygen atoms in total. The first-order valence-corrected chi connectivity index (χ1v) is 3.97. The molecule has 0 radical (unpaired) electrons. The van der Waals surface area contributed by atoms with E-state index in [1.807, 2.05) is 10.2 Å². The van der Waals surface area contributed by atoms with Gasteiger partial charge in [0.15, 0.2) is 0 Å². The van der Waals surface area contributed by atoms with Crippen LogP contribution >= 0.6 is 22.6 Å². The first kappa shape index (κ1) is 9.17. The highest BCUT2D eigenvalue weighted by Crippen LogP contribution is 2.04. The molecule has 52 valence electrons. The molecule has 0 aromatic heterocycles. The van der Waals surface area contributed by atoms with Crippen LogP contribution in [-0.2, 0) is 4.74 Å². The lowest BCUT2D eigenvalue weighted by atomic mass is 10.2. The zero-order valence-corrected chi connectivity index (χ0v) is 7.72. The molecule has 0 spiro atoms. The summed E-state index contributed by atoms with van der Waals surface area (Å²) in [6.07, 6.45) is 2.81. The summed E-state index contributed by atoms with van der Waals surface area (Å²) in [6, 6.07) is 0. The second-order valence-electron chi connectivity index (χ2n) is 1.69. The molecule has 0 atom stereocenters. The Morgan fingerprint density at radius 3 is 2.78 bits per heavy atom. The molecule has 0 heterocycles. The van der Waals surface area contributed by atoms with Crippen molar-refractivity contribution in [2.24, 2.45) is 0 Å². The van der Waals surface area contributed by atoms with E-state index in [0.29, 0.717) is 0 Å². The molecule has 0 aliphatic carbocycles. The van der Waals surface area contributed by atoms with Gasteiger partial charge in [0.1, 0.15) is 0 Å². The minimum Gasteiger partial charge on any atom is -0.380 e. The number of rotatable bonds is 4. The fraction of sp³-hybridized carbons (Fsp3) is 0.429. The second-order valence-corrected chi connectivity index (χ2v) is 2.32. The van der Waals surface area contributed by atoms with Crippen LogP contribution < -0.4 is 0 Å². The zero-order chi connectivity index (χ0) is 7.11. The minimum absolute atomic E-state index is 0.717. The quantitative estimate of drug-likeness (QED) is 0.540.